The van der Waals surface area contributed by atoms with Crippen LogP contribution in [0.2, 0.25) is 0 Å². The van der Waals surface area contributed by atoms with E-state index in [2.05, 4.69) is 15.0 Å². The van der Waals surface area contributed by atoms with Crippen LogP contribution in [0.25, 0.3) is 22.6 Å². The lowest BCUT2D eigenvalue weighted by molar-refractivity contribution is 0.0693. The summed E-state index contributed by atoms with van der Waals surface area (Å²) in [7, 11) is 1.40. The van der Waals surface area contributed by atoms with Gasteiger partial charge in [-0.05, 0) is 18.2 Å². The third kappa shape index (κ3) is 2.25. The Balaban J connectivity index is 2.13. The molecule has 0 aliphatic rings. The molecule has 3 N–H and O–H groups in total. The molecule has 0 unspecified atom stereocenters. The first kappa shape index (κ1) is 12.9. The largest absolute Gasteiger partial charge is 0.496 e. The first-order valence-corrected chi connectivity index (χ1v) is 6.09. The van der Waals surface area contributed by atoms with Crippen molar-refractivity contribution in [2.45, 2.75) is 0 Å². The average molecular weight is 285 g/mol. The number of aromatic carboxylic acids is 1. The lowest BCUT2D eigenvalue weighted by Crippen LogP contribution is -2.01. The normalized spacial score (nSPS) is 10.7. The van der Waals surface area contributed by atoms with Crippen LogP contribution in [0.3, 0.4) is 0 Å². The number of rotatable bonds is 3. The highest BCUT2D eigenvalue weighted by molar-refractivity contribution is 5.92. The van der Waals surface area contributed by atoms with Gasteiger partial charge in [0.25, 0.3) is 0 Å². The third-order valence-electron chi connectivity index (χ3n) is 3.08. The highest BCUT2D eigenvalue weighted by Gasteiger charge is 2.13. The van der Waals surface area contributed by atoms with Crippen LogP contribution in [0.1, 0.15) is 10.4 Å². The van der Waals surface area contributed by atoms with Gasteiger partial charge in [-0.1, -0.05) is 6.07 Å². The van der Waals surface area contributed by atoms with Gasteiger partial charge < -0.3 is 19.8 Å². The van der Waals surface area contributed by atoms with E-state index in [1.54, 1.807) is 18.2 Å². The van der Waals surface area contributed by atoms with Crippen LogP contribution >= 0.6 is 0 Å². The molecule has 3 rings (SSSR count). The zero-order valence-electron chi connectivity index (χ0n) is 11.0. The molecule has 0 spiro atoms. The van der Waals surface area contributed by atoms with Crippen LogP contribution in [-0.4, -0.2) is 33.1 Å². The fraction of sp³-hybridized carbons (Fsp3) is 0.0714. The van der Waals surface area contributed by atoms with Gasteiger partial charge in [0, 0.05) is 11.6 Å². The van der Waals surface area contributed by atoms with E-state index >= 15 is 0 Å². The van der Waals surface area contributed by atoms with Gasteiger partial charge in [0.05, 0.1) is 12.6 Å². The van der Waals surface area contributed by atoms with E-state index in [4.69, 9.17) is 9.84 Å². The van der Waals surface area contributed by atoms with Crippen LogP contribution < -0.4 is 10.3 Å². The first-order valence-electron chi connectivity index (χ1n) is 6.09. The molecule has 0 aliphatic heterocycles. The number of ether oxygens (including phenoxy) is 1. The number of hydrogen-bond donors (Lipinski definition) is 3. The summed E-state index contributed by atoms with van der Waals surface area (Å²) in [5.41, 5.74) is 1.63. The van der Waals surface area contributed by atoms with Crippen molar-refractivity contribution in [2.75, 3.05) is 7.11 Å². The predicted molar refractivity (Wildman–Crippen MR) is 75.7 cm³/mol. The number of nitrogens with one attached hydrogen (secondary N) is 2. The van der Waals surface area contributed by atoms with Crippen molar-refractivity contribution in [3.05, 3.63) is 46.2 Å². The van der Waals surface area contributed by atoms with Crippen molar-refractivity contribution in [3.8, 4) is 17.1 Å². The van der Waals surface area contributed by atoms with Crippen molar-refractivity contribution in [1.82, 2.24) is 15.0 Å². The van der Waals surface area contributed by atoms with Gasteiger partial charge in [-0.15, -0.1) is 0 Å². The second-order valence-electron chi connectivity index (χ2n) is 4.39. The minimum atomic E-state index is -1.06. The lowest BCUT2D eigenvalue weighted by atomic mass is 10.1. The molecular formula is C14H11N3O4. The van der Waals surface area contributed by atoms with E-state index in [9.17, 15) is 9.59 Å². The Bertz CT molecular complexity index is 895. The molecule has 0 aliphatic carbocycles. The molecule has 2 aromatic heterocycles. The number of hydrogen-bond acceptors (Lipinski definition) is 4. The van der Waals surface area contributed by atoms with E-state index in [0.29, 0.717) is 22.6 Å². The summed E-state index contributed by atoms with van der Waals surface area (Å²) in [6.07, 6.45) is 0. The number of carboxylic acid groups (broad SMARTS) is 1. The number of fused-ring (bicyclic) bond motifs is 1. The van der Waals surface area contributed by atoms with Crippen molar-refractivity contribution in [1.29, 1.82) is 0 Å². The monoisotopic (exact) mass is 285 g/mol. The summed E-state index contributed by atoms with van der Waals surface area (Å²) < 4.78 is 5.08. The first-order chi connectivity index (χ1) is 10.1. The maximum absolute atomic E-state index is 11.3. The number of benzene rings is 1. The van der Waals surface area contributed by atoms with Gasteiger partial charge in [-0.3, -0.25) is 4.79 Å². The number of carbonyl (C=O) groups is 1. The number of nitrogens with zero attached hydrogens (tertiary/aromatic N) is 1. The summed E-state index contributed by atoms with van der Waals surface area (Å²) in [5, 5.41) is 9.06. The fourth-order valence-electron chi connectivity index (χ4n) is 2.07. The SMILES string of the molecule is COc1cc(-c2nc3[nH]c(=O)ccc3[nH]2)ccc1C(=O)O. The van der Waals surface area contributed by atoms with Crippen molar-refractivity contribution in [3.63, 3.8) is 0 Å². The topological polar surface area (TPSA) is 108 Å². The number of H-pyrrole nitrogens is 2. The van der Waals surface area contributed by atoms with Crippen molar-refractivity contribution < 1.29 is 14.6 Å². The summed E-state index contributed by atoms with van der Waals surface area (Å²) in [5.74, 6) is -0.302. The second-order valence-corrected chi connectivity index (χ2v) is 4.39. The van der Waals surface area contributed by atoms with Gasteiger partial charge in [0.1, 0.15) is 17.1 Å². The van der Waals surface area contributed by atoms with E-state index in [1.165, 1.54) is 19.2 Å². The number of aromatic amines is 2. The lowest BCUT2D eigenvalue weighted by Gasteiger charge is -2.06. The van der Waals surface area contributed by atoms with Crippen molar-refractivity contribution >= 4 is 17.1 Å². The Labute approximate surface area is 118 Å². The zero-order chi connectivity index (χ0) is 15.0. The molecule has 0 atom stereocenters. The smallest absolute Gasteiger partial charge is 0.339 e. The molecule has 7 nitrogen and oxygen atoms in total. The van der Waals surface area contributed by atoms with E-state index < -0.39 is 5.97 Å². The number of aromatic nitrogens is 3. The Kier molecular flexibility index (Phi) is 2.94. The van der Waals surface area contributed by atoms with E-state index in [0.717, 1.165) is 0 Å². The average Bonchev–Trinajstić information content (AvgIpc) is 2.89. The maximum atomic E-state index is 11.3. The minimum Gasteiger partial charge on any atom is -0.496 e. The van der Waals surface area contributed by atoms with Crippen LogP contribution in [0, 0.1) is 0 Å². The highest BCUT2D eigenvalue weighted by atomic mass is 16.5. The van der Waals surface area contributed by atoms with E-state index in [-0.39, 0.29) is 16.9 Å². The fourth-order valence-corrected chi connectivity index (χ4v) is 2.07. The second kappa shape index (κ2) is 4.78. The number of carboxylic acids is 1. The minimum absolute atomic E-state index is 0.0748. The number of imidazole rings is 1. The van der Waals surface area contributed by atoms with Gasteiger partial charge in [-0.2, -0.15) is 0 Å². The van der Waals surface area contributed by atoms with Crippen LogP contribution in [0.5, 0.6) is 5.75 Å². The zero-order valence-corrected chi connectivity index (χ0v) is 11.0. The molecule has 3 aromatic rings. The Morgan fingerprint density at radius 1 is 1.24 bits per heavy atom. The standard InChI is InChI=1S/C14H11N3O4/c1-21-10-6-7(2-3-8(10)14(19)20)12-15-9-4-5-11(18)16-13(9)17-12/h2-6H,1H3,(H,19,20)(H2,15,16,17,18). The molecule has 106 valence electrons. The Hall–Kier alpha value is -3.09. The van der Waals surface area contributed by atoms with Gasteiger partial charge in [0.15, 0.2) is 5.65 Å². The molecule has 0 fully saturated rings. The molecule has 0 saturated heterocycles. The molecule has 0 radical (unpaired) electrons. The molecule has 0 bridgehead atoms. The van der Waals surface area contributed by atoms with Gasteiger partial charge >= 0.3 is 5.97 Å². The Morgan fingerprint density at radius 3 is 2.76 bits per heavy atom. The number of pyridine rings is 1. The summed E-state index contributed by atoms with van der Waals surface area (Å²) in [6, 6.07) is 7.69. The molecule has 2 heterocycles. The van der Waals surface area contributed by atoms with Gasteiger partial charge in [-0.25, -0.2) is 9.78 Å². The summed E-state index contributed by atoms with van der Waals surface area (Å²) >= 11 is 0. The van der Waals surface area contributed by atoms with E-state index in [1.807, 2.05) is 0 Å². The summed E-state index contributed by atoms with van der Waals surface area (Å²) in [4.78, 5) is 32.3. The predicted octanol–water partition coefficient (Wildman–Crippen LogP) is 1.62. The molecule has 0 saturated carbocycles. The number of methoxy groups -OCH3 is 1. The molecule has 7 heteroatoms. The molecule has 0 amide bonds. The van der Waals surface area contributed by atoms with Crippen molar-refractivity contribution in [2.24, 2.45) is 0 Å². The summed E-state index contributed by atoms with van der Waals surface area (Å²) in [6.45, 7) is 0. The third-order valence-corrected chi connectivity index (χ3v) is 3.08. The van der Waals surface area contributed by atoms with Crippen LogP contribution in [0.15, 0.2) is 35.1 Å². The van der Waals surface area contributed by atoms with Crippen LogP contribution in [-0.2, 0) is 0 Å². The van der Waals surface area contributed by atoms with Gasteiger partial charge in [0.2, 0.25) is 5.56 Å². The maximum Gasteiger partial charge on any atom is 0.339 e. The highest BCUT2D eigenvalue weighted by Crippen LogP contribution is 2.26. The molecule has 1 aromatic carbocycles. The Morgan fingerprint density at radius 2 is 2.05 bits per heavy atom. The quantitative estimate of drug-likeness (QED) is 0.677. The molecule has 21 heavy (non-hydrogen) atoms. The molecular weight excluding hydrogens is 274 g/mol. The van der Waals surface area contributed by atoms with Crippen LogP contribution in [0.4, 0.5) is 0 Å².